The summed E-state index contributed by atoms with van der Waals surface area (Å²) in [5.74, 6) is 0.274. The molecule has 3 rings (SSSR count). The highest BCUT2D eigenvalue weighted by Gasteiger charge is 2.25. The fourth-order valence-corrected chi connectivity index (χ4v) is 2.92. The van der Waals surface area contributed by atoms with Crippen LogP contribution in [0.3, 0.4) is 0 Å². The van der Waals surface area contributed by atoms with Gasteiger partial charge in [-0.05, 0) is 36.8 Å². The number of benzene rings is 1. The Hall–Kier alpha value is -3.48. The van der Waals surface area contributed by atoms with Crippen LogP contribution in [0.1, 0.15) is 35.2 Å². The first kappa shape index (κ1) is 19.3. The van der Waals surface area contributed by atoms with Crippen molar-refractivity contribution in [2.75, 3.05) is 7.11 Å². The number of furan rings is 1. The topological polar surface area (TPSA) is 102 Å². The van der Waals surface area contributed by atoms with Crippen molar-refractivity contribution in [3.8, 4) is 11.5 Å². The molecule has 7 heteroatoms. The Balaban J connectivity index is 1.90. The van der Waals surface area contributed by atoms with Crippen LogP contribution in [0.15, 0.2) is 62.4 Å². The summed E-state index contributed by atoms with van der Waals surface area (Å²) in [4.78, 5) is 24.5. The summed E-state index contributed by atoms with van der Waals surface area (Å²) in [5.41, 5.74) is 0.159. The minimum Gasteiger partial charge on any atom is -0.502 e. The molecule has 1 atom stereocenters. The van der Waals surface area contributed by atoms with Crippen LogP contribution in [0.4, 0.5) is 0 Å². The van der Waals surface area contributed by atoms with E-state index in [0.717, 1.165) is 0 Å². The van der Waals surface area contributed by atoms with E-state index >= 15 is 0 Å². The molecule has 28 heavy (non-hydrogen) atoms. The molecule has 0 bridgehead atoms. The number of rotatable bonds is 7. The normalized spacial score (nSPS) is 11.8. The van der Waals surface area contributed by atoms with Crippen LogP contribution in [0.25, 0.3) is 0 Å². The van der Waals surface area contributed by atoms with Crippen LogP contribution in [0.5, 0.6) is 11.5 Å². The van der Waals surface area contributed by atoms with Gasteiger partial charge in [-0.2, -0.15) is 0 Å². The van der Waals surface area contributed by atoms with Crippen LogP contribution in [-0.2, 0) is 11.3 Å². The van der Waals surface area contributed by atoms with Gasteiger partial charge in [0.2, 0.25) is 17.1 Å². The first-order chi connectivity index (χ1) is 13.5. The molecule has 0 radical (unpaired) electrons. The molecule has 0 aliphatic rings. The summed E-state index contributed by atoms with van der Waals surface area (Å²) in [6.45, 7) is 1.86. The summed E-state index contributed by atoms with van der Waals surface area (Å²) < 4.78 is 16.0. The minimum absolute atomic E-state index is 0.0208. The second-order valence-electron chi connectivity index (χ2n) is 6.32. The molecule has 146 valence electrons. The molecule has 0 spiro atoms. The Morgan fingerprint density at radius 3 is 2.64 bits per heavy atom. The molecular weight excluding hydrogens is 362 g/mol. The Labute approximate surface area is 161 Å². The zero-order valence-electron chi connectivity index (χ0n) is 15.6. The number of amides is 1. The molecule has 7 nitrogen and oxygen atoms in total. The number of aryl methyl sites for hydroxylation is 1. The van der Waals surface area contributed by atoms with Gasteiger partial charge < -0.3 is 24.0 Å². The van der Waals surface area contributed by atoms with Gasteiger partial charge in [0.25, 0.3) is 0 Å². The van der Waals surface area contributed by atoms with E-state index in [0.29, 0.717) is 22.8 Å². The van der Waals surface area contributed by atoms with E-state index in [9.17, 15) is 14.7 Å². The first-order valence-corrected chi connectivity index (χ1v) is 8.74. The number of ether oxygens (including phenoxy) is 1. The Morgan fingerprint density at radius 1 is 1.25 bits per heavy atom. The largest absolute Gasteiger partial charge is 0.502 e. The molecule has 1 aromatic carbocycles. The van der Waals surface area contributed by atoms with E-state index in [1.54, 1.807) is 50.4 Å². The minimum atomic E-state index is -0.643. The van der Waals surface area contributed by atoms with Gasteiger partial charge in [0, 0.05) is 12.5 Å². The van der Waals surface area contributed by atoms with E-state index in [-0.39, 0.29) is 24.6 Å². The third-order valence-corrected chi connectivity index (χ3v) is 4.34. The second-order valence-corrected chi connectivity index (χ2v) is 6.32. The monoisotopic (exact) mass is 383 g/mol. The van der Waals surface area contributed by atoms with Gasteiger partial charge in [-0.3, -0.25) is 9.59 Å². The maximum Gasteiger partial charge on any atom is 0.227 e. The van der Waals surface area contributed by atoms with Crippen LogP contribution in [-0.4, -0.2) is 18.1 Å². The number of hydrogen-bond acceptors (Lipinski definition) is 6. The number of aromatic hydroxyl groups is 1. The zero-order chi connectivity index (χ0) is 20.1. The Kier molecular flexibility index (Phi) is 5.84. The van der Waals surface area contributed by atoms with Gasteiger partial charge in [-0.1, -0.05) is 12.1 Å². The molecule has 1 unspecified atom stereocenters. The quantitative estimate of drug-likeness (QED) is 0.650. The van der Waals surface area contributed by atoms with E-state index in [1.165, 1.54) is 12.3 Å². The van der Waals surface area contributed by atoms with E-state index in [1.807, 2.05) is 0 Å². The summed E-state index contributed by atoms with van der Waals surface area (Å²) in [6, 6.07) is 11.7. The van der Waals surface area contributed by atoms with Crippen LogP contribution >= 0.6 is 0 Å². The van der Waals surface area contributed by atoms with Gasteiger partial charge in [0.1, 0.15) is 17.3 Å². The highest BCUT2D eigenvalue weighted by Crippen LogP contribution is 2.33. The van der Waals surface area contributed by atoms with Crippen molar-refractivity contribution in [3.63, 3.8) is 0 Å². The lowest BCUT2D eigenvalue weighted by Gasteiger charge is -2.18. The van der Waals surface area contributed by atoms with Crippen molar-refractivity contribution in [3.05, 3.63) is 81.8 Å². The van der Waals surface area contributed by atoms with Gasteiger partial charge in [0.15, 0.2) is 5.76 Å². The molecule has 2 aromatic heterocycles. The lowest BCUT2D eigenvalue weighted by Crippen LogP contribution is -2.25. The predicted molar refractivity (Wildman–Crippen MR) is 101 cm³/mol. The van der Waals surface area contributed by atoms with Crippen LogP contribution in [0.2, 0.25) is 0 Å². The van der Waals surface area contributed by atoms with E-state index < -0.39 is 17.1 Å². The Morgan fingerprint density at radius 2 is 2.00 bits per heavy atom. The van der Waals surface area contributed by atoms with Crippen LogP contribution in [0, 0.1) is 6.92 Å². The molecule has 0 saturated carbocycles. The molecule has 3 aromatic rings. The van der Waals surface area contributed by atoms with Gasteiger partial charge in [0.05, 0.1) is 25.8 Å². The lowest BCUT2D eigenvalue weighted by atomic mass is 9.91. The van der Waals surface area contributed by atoms with Gasteiger partial charge in [-0.25, -0.2) is 0 Å². The zero-order valence-corrected chi connectivity index (χ0v) is 15.6. The second kappa shape index (κ2) is 8.47. The van der Waals surface area contributed by atoms with Gasteiger partial charge in [-0.15, -0.1) is 0 Å². The van der Waals surface area contributed by atoms with Crippen molar-refractivity contribution < 1.29 is 23.5 Å². The predicted octanol–water partition coefficient (Wildman–Crippen LogP) is 3.09. The highest BCUT2D eigenvalue weighted by molar-refractivity contribution is 5.77. The van der Waals surface area contributed by atoms with Crippen molar-refractivity contribution in [2.45, 2.75) is 25.8 Å². The smallest absolute Gasteiger partial charge is 0.227 e. The van der Waals surface area contributed by atoms with Crippen molar-refractivity contribution in [1.82, 2.24) is 5.32 Å². The number of methoxy groups -OCH3 is 1. The number of hydrogen-bond donors (Lipinski definition) is 2. The summed E-state index contributed by atoms with van der Waals surface area (Å²) in [6.07, 6.45) is 1.51. The average molecular weight is 383 g/mol. The standard InChI is InChI=1S/C21H21NO6/c1-13-10-18(23)20(25)21(28-13)17(14-5-7-15(26-2)8-6-14)11-19(24)22-12-16-4-3-9-27-16/h3-10,17,25H,11-12H2,1-2H3,(H,22,24). The summed E-state index contributed by atoms with van der Waals surface area (Å²) in [7, 11) is 1.56. The first-order valence-electron chi connectivity index (χ1n) is 8.74. The van der Waals surface area contributed by atoms with Crippen molar-refractivity contribution in [2.24, 2.45) is 0 Å². The maximum atomic E-state index is 12.5. The highest BCUT2D eigenvalue weighted by atomic mass is 16.5. The number of carbonyl (C=O) groups excluding carboxylic acids is 1. The molecule has 0 aliphatic heterocycles. The Bertz CT molecular complexity index is 989. The number of nitrogens with one attached hydrogen (secondary N) is 1. The molecule has 0 aliphatic carbocycles. The average Bonchev–Trinajstić information content (AvgIpc) is 3.21. The van der Waals surface area contributed by atoms with Gasteiger partial charge >= 0.3 is 0 Å². The summed E-state index contributed by atoms with van der Waals surface area (Å²) >= 11 is 0. The summed E-state index contributed by atoms with van der Waals surface area (Å²) in [5, 5.41) is 13.0. The van der Waals surface area contributed by atoms with E-state index in [4.69, 9.17) is 13.6 Å². The molecule has 2 heterocycles. The third kappa shape index (κ3) is 4.43. The van der Waals surface area contributed by atoms with Crippen molar-refractivity contribution in [1.29, 1.82) is 0 Å². The molecule has 0 saturated heterocycles. The van der Waals surface area contributed by atoms with Crippen molar-refractivity contribution >= 4 is 5.91 Å². The van der Waals surface area contributed by atoms with E-state index in [2.05, 4.69) is 5.32 Å². The SMILES string of the molecule is COc1ccc(C(CC(=O)NCc2ccco2)c2oc(C)cc(=O)c2O)cc1. The fraction of sp³-hybridized carbons (Fsp3) is 0.238. The molecule has 0 fully saturated rings. The fourth-order valence-electron chi connectivity index (χ4n) is 2.92. The molecular formula is C21H21NO6. The maximum absolute atomic E-state index is 12.5. The molecule has 1 amide bonds. The number of carbonyl (C=O) groups is 1. The molecule has 2 N–H and O–H groups in total. The van der Waals surface area contributed by atoms with Crippen LogP contribution < -0.4 is 15.5 Å². The third-order valence-electron chi connectivity index (χ3n) is 4.34. The lowest BCUT2D eigenvalue weighted by molar-refractivity contribution is -0.121.